The molecule has 0 atom stereocenters. The largest absolute Gasteiger partial charge is 0.508 e. The summed E-state index contributed by atoms with van der Waals surface area (Å²) in [5.41, 5.74) is 6.49. The number of ether oxygens (including phenoxy) is 1. The molecule has 0 spiro atoms. The first-order valence-electron chi connectivity index (χ1n) is 5.94. The third-order valence-corrected chi connectivity index (χ3v) is 2.65. The highest BCUT2D eigenvalue weighted by molar-refractivity contribution is 5.76. The first kappa shape index (κ1) is 14.5. The molecule has 5 heteroatoms. The molecule has 0 aliphatic rings. The van der Waals surface area contributed by atoms with Crippen LogP contribution < -0.4 is 5.73 Å². The first-order valence-corrected chi connectivity index (χ1v) is 5.94. The van der Waals surface area contributed by atoms with Crippen LogP contribution in [0.25, 0.3) is 0 Å². The van der Waals surface area contributed by atoms with Crippen LogP contribution in [0.15, 0.2) is 24.3 Å². The van der Waals surface area contributed by atoms with E-state index in [1.807, 2.05) is 12.1 Å². The zero-order chi connectivity index (χ0) is 13.4. The molecule has 0 saturated carbocycles. The Morgan fingerprint density at radius 2 is 2.00 bits per heavy atom. The highest BCUT2D eigenvalue weighted by Gasteiger charge is 2.06. The molecule has 0 fully saturated rings. The Balaban J connectivity index is 2.53. The van der Waals surface area contributed by atoms with Crippen molar-refractivity contribution in [2.24, 2.45) is 5.73 Å². The minimum Gasteiger partial charge on any atom is -0.508 e. The molecule has 0 aliphatic carbocycles. The second-order valence-corrected chi connectivity index (χ2v) is 4.21. The molecular weight excluding hydrogens is 230 g/mol. The summed E-state index contributed by atoms with van der Waals surface area (Å²) < 4.78 is 5.07. The Labute approximate surface area is 108 Å². The number of nitrogens with two attached hydrogens (primary N) is 1. The Morgan fingerprint density at radius 1 is 1.33 bits per heavy atom. The molecule has 0 radical (unpaired) electrons. The number of hydrogen-bond acceptors (Lipinski definition) is 4. The van der Waals surface area contributed by atoms with E-state index in [1.54, 1.807) is 19.2 Å². The molecular formula is C13H21N3O2. The lowest BCUT2D eigenvalue weighted by molar-refractivity contribution is 0.145. The Bertz CT molecular complexity index is 365. The third-order valence-electron chi connectivity index (χ3n) is 2.65. The average Bonchev–Trinajstić information content (AvgIpc) is 2.35. The van der Waals surface area contributed by atoms with Gasteiger partial charge < -0.3 is 15.6 Å². The quantitative estimate of drug-likeness (QED) is 0.478. The van der Waals surface area contributed by atoms with E-state index in [2.05, 4.69) is 4.90 Å². The number of phenolic OH excluding ortho intramolecular Hbond substituents is 1. The Hall–Kier alpha value is -1.59. The molecule has 4 N–H and O–H groups in total. The monoisotopic (exact) mass is 251 g/mol. The SMILES string of the molecule is COCCN(CCC(=N)N)Cc1ccc(O)cc1. The van der Waals surface area contributed by atoms with Crippen molar-refractivity contribution >= 4 is 5.84 Å². The van der Waals surface area contributed by atoms with Crippen LogP contribution in [0, 0.1) is 5.41 Å². The summed E-state index contributed by atoms with van der Waals surface area (Å²) in [4.78, 5) is 2.18. The number of benzene rings is 1. The van der Waals surface area contributed by atoms with Crippen LogP contribution in [0.2, 0.25) is 0 Å². The van der Waals surface area contributed by atoms with Gasteiger partial charge in [0.15, 0.2) is 0 Å². The van der Waals surface area contributed by atoms with E-state index < -0.39 is 0 Å². The number of hydrogen-bond donors (Lipinski definition) is 3. The molecule has 0 bridgehead atoms. The van der Waals surface area contributed by atoms with Crippen molar-refractivity contribution in [3.8, 4) is 5.75 Å². The average molecular weight is 251 g/mol. The van der Waals surface area contributed by atoms with E-state index in [9.17, 15) is 5.11 Å². The van der Waals surface area contributed by atoms with Crippen LogP contribution in [0.4, 0.5) is 0 Å². The zero-order valence-corrected chi connectivity index (χ0v) is 10.7. The van der Waals surface area contributed by atoms with Gasteiger partial charge in [0, 0.05) is 33.2 Å². The van der Waals surface area contributed by atoms with Crippen LogP contribution in [-0.4, -0.2) is 42.6 Å². The van der Waals surface area contributed by atoms with Crippen LogP contribution in [0.3, 0.4) is 0 Å². The predicted octanol–water partition coefficient (Wildman–Crippen LogP) is 1.17. The highest BCUT2D eigenvalue weighted by atomic mass is 16.5. The van der Waals surface area contributed by atoms with Crippen LogP contribution in [0.1, 0.15) is 12.0 Å². The molecule has 1 aromatic rings. The molecule has 1 aromatic carbocycles. The normalized spacial score (nSPS) is 10.8. The lowest BCUT2D eigenvalue weighted by Gasteiger charge is -2.21. The molecule has 0 amide bonds. The van der Waals surface area contributed by atoms with Gasteiger partial charge in [0.25, 0.3) is 0 Å². The van der Waals surface area contributed by atoms with Gasteiger partial charge >= 0.3 is 0 Å². The summed E-state index contributed by atoms with van der Waals surface area (Å²) in [5.74, 6) is 0.467. The fraction of sp³-hybridized carbons (Fsp3) is 0.462. The highest BCUT2D eigenvalue weighted by Crippen LogP contribution is 2.11. The predicted molar refractivity (Wildman–Crippen MR) is 71.8 cm³/mol. The molecule has 0 saturated heterocycles. The summed E-state index contributed by atoms with van der Waals surface area (Å²) in [6.45, 7) is 2.94. The summed E-state index contributed by atoms with van der Waals surface area (Å²) in [7, 11) is 1.67. The van der Waals surface area contributed by atoms with Crippen molar-refractivity contribution in [1.29, 1.82) is 5.41 Å². The lowest BCUT2D eigenvalue weighted by Crippen LogP contribution is -2.30. The van der Waals surface area contributed by atoms with E-state index in [0.717, 1.165) is 25.2 Å². The van der Waals surface area contributed by atoms with Gasteiger partial charge in [-0.3, -0.25) is 10.3 Å². The third kappa shape index (κ3) is 5.65. The van der Waals surface area contributed by atoms with Gasteiger partial charge in [-0.15, -0.1) is 0 Å². The molecule has 0 heterocycles. The molecule has 100 valence electrons. The van der Waals surface area contributed by atoms with Gasteiger partial charge in [0.2, 0.25) is 0 Å². The number of nitrogens with zero attached hydrogens (tertiary/aromatic N) is 1. The number of methoxy groups -OCH3 is 1. The molecule has 18 heavy (non-hydrogen) atoms. The molecule has 5 nitrogen and oxygen atoms in total. The van der Waals surface area contributed by atoms with Crippen molar-refractivity contribution in [3.63, 3.8) is 0 Å². The number of amidine groups is 1. The summed E-state index contributed by atoms with van der Waals surface area (Å²) in [6.07, 6.45) is 0.557. The van der Waals surface area contributed by atoms with Gasteiger partial charge in [-0.1, -0.05) is 12.1 Å². The van der Waals surface area contributed by atoms with E-state index in [-0.39, 0.29) is 11.6 Å². The maximum Gasteiger partial charge on any atom is 0.115 e. The summed E-state index contributed by atoms with van der Waals surface area (Å²) in [6, 6.07) is 7.13. The number of phenols is 1. The first-order chi connectivity index (χ1) is 8.61. The maximum atomic E-state index is 9.23. The maximum absolute atomic E-state index is 9.23. The van der Waals surface area contributed by atoms with Crippen molar-refractivity contribution in [3.05, 3.63) is 29.8 Å². The van der Waals surface area contributed by atoms with Crippen molar-refractivity contribution in [2.75, 3.05) is 26.8 Å². The van der Waals surface area contributed by atoms with Gasteiger partial charge in [-0.2, -0.15) is 0 Å². The standard InChI is InChI=1S/C13H21N3O2/c1-18-9-8-16(7-6-13(14)15)10-11-2-4-12(17)5-3-11/h2-5,17H,6-10H2,1H3,(H3,14,15). The van der Waals surface area contributed by atoms with Crippen molar-refractivity contribution in [1.82, 2.24) is 4.90 Å². The fourth-order valence-corrected chi connectivity index (χ4v) is 1.63. The van der Waals surface area contributed by atoms with Gasteiger partial charge in [0.1, 0.15) is 5.75 Å². The topological polar surface area (TPSA) is 82.6 Å². The van der Waals surface area contributed by atoms with Gasteiger partial charge in [0.05, 0.1) is 12.4 Å². The number of nitrogens with one attached hydrogen (secondary N) is 1. The van der Waals surface area contributed by atoms with E-state index in [1.165, 1.54) is 0 Å². The second kappa shape index (κ2) is 7.68. The van der Waals surface area contributed by atoms with E-state index >= 15 is 0 Å². The van der Waals surface area contributed by atoms with Crippen molar-refractivity contribution < 1.29 is 9.84 Å². The van der Waals surface area contributed by atoms with Crippen LogP contribution in [-0.2, 0) is 11.3 Å². The van der Waals surface area contributed by atoms with E-state index in [0.29, 0.717) is 13.0 Å². The van der Waals surface area contributed by atoms with Crippen molar-refractivity contribution in [2.45, 2.75) is 13.0 Å². The molecule has 0 unspecified atom stereocenters. The molecule has 0 aliphatic heterocycles. The second-order valence-electron chi connectivity index (χ2n) is 4.21. The van der Waals surface area contributed by atoms with E-state index in [4.69, 9.17) is 15.9 Å². The van der Waals surface area contributed by atoms with Gasteiger partial charge in [-0.05, 0) is 17.7 Å². The molecule has 1 rings (SSSR count). The Morgan fingerprint density at radius 3 is 2.56 bits per heavy atom. The molecule has 0 aromatic heterocycles. The fourth-order valence-electron chi connectivity index (χ4n) is 1.63. The number of rotatable bonds is 8. The lowest BCUT2D eigenvalue weighted by atomic mass is 10.2. The number of aromatic hydroxyl groups is 1. The minimum absolute atomic E-state index is 0.197. The summed E-state index contributed by atoms with van der Waals surface area (Å²) in [5, 5.41) is 16.5. The van der Waals surface area contributed by atoms with Crippen LogP contribution >= 0.6 is 0 Å². The van der Waals surface area contributed by atoms with Crippen LogP contribution in [0.5, 0.6) is 5.75 Å². The smallest absolute Gasteiger partial charge is 0.115 e. The minimum atomic E-state index is 0.197. The summed E-state index contributed by atoms with van der Waals surface area (Å²) >= 11 is 0. The van der Waals surface area contributed by atoms with Gasteiger partial charge in [-0.25, -0.2) is 0 Å². The zero-order valence-electron chi connectivity index (χ0n) is 10.7. The Kier molecular flexibility index (Phi) is 6.18.